The molecule has 0 aliphatic rings. The van der Waals surface area contributed by atoms with Gasteiger partial charge in [-0.15, -0.1) is 0 Å². The zero-order valence-electron chi connectivity index (χ0n) is 19.4. The molecule has 1 amide bonds. The molecule has 4 rings (SSSR count). The van der Waals surface area contributed by atoms with Crippen LogP contribution in [0.4, 0.5) is 5.82 Å². The van der Waals surface area contributed by atoms with Crippen LogP contribution in [-0.2, 0) is 25.4 Å². The Kier molecular flexibility index (Phi) is 5.75. The molecule has 10 nitrogen and oxygen atoms in total. The quantitative estimate of drug-likeness (QED) is 0.484. The number of aromatic nitrogens is 6. The lowest BCUT2D eigenvalue weighted by atomic mass is 10.1. The Morgan fingerprint density at radius 1 is 1.00 bits per heavy atom. The minimum absolute atomic E-state index is 0.148. The molecule has 0 unspecified atom stereocenters. The standard InChI is InChI=1S/C23H27N7O3/c1-14-9-15(2)11-17(10-14)30-18(12-16(3)26-30)25-19(31)7-6-8-29-13-24-21-20(29)22(32)28(5)23(33)27(21)4/h9-13H,6-8H2,1-5H3,(H,25,31). The Bertz CT molecular complexity index is 1470. The van der Waals surface area contributed by atoms with E-state index in [-0.39, 0.29) is 12.3 Å². The fourth-order valence-electron chi connectivity index (χ4n) is 4.04. The number of amides is 1. The van der Waals surface area contributed by atoms with E-state index in [2.05, 4.69) is 21.5 Å². The third-order valence-corrected chi connectivity index (χ3v) is 5.57. The first-order chi connectivity index (χ1) is 15.7. The summed E-state index contributed by atoms with van der Waals surface area (Å²) >= 11 is 0. The van der Waals surface area contributed by atoms with Crippen LogP contribution in [0, 0.1) is 20.8 Å². The van der Waals surface area contributed by atoms with Crippen molar-refractivity contribution in [2.75, 3.05) is 5.32 Å². The average molecular weight is 450 g/mol. The van der Waals surface area contributed by atoms with Crippen molar-refractivity contribution in [3.63, 3.8) is 0 Å². The summed E-state index contributed by atoms with van der Waals surface area (Å²) in [4.78, 5) is 41.5. The highest BCUT2D eigenvalue weighted by Crippen LogP contribution is 2.20. The molecule has 0 saturated heterocycles. The fourth-order valence-corrected chi connectivity index (χ4v) is 4.04. The van der Waals surface area contributed by atoms with Crippen molar-refractivity contribution in [3.8, 4) is 5.69 Å². The van der Waals surface area contributed by atoms with Gasteiger partial charge in [0, 0.05) is 33.1 Å². The van der Waals surface area contributed by atoms with Gasteiger partial charge >= 0.3 is 5.69 Å². The molecular weight excluding hydrogens is 422 g/mol. The van der Waals surface area contributed by atoms with Crippen molar-refractivity contribution in [1.29, 1.82) is 0 Å². The van der Waals surface area contributed by atoms with Gasteiger partial charge in [-0.1, -0.05) is 6.07 Å². The summed E-state index contributed by atoms with van der Waals surface area (Å²) in [5, 5.41) is 7.48. The van der Waals surface area contributed by atoms with E-state index in [9.17, 15) is 14.4 Å². The minimum atomic E-state index is -0.423. The average Bonchev–Trinajstić information content (AvgIpc) is 3.33. The van der Waals surface area contributed by atoms with Crippen LogP contribution < -0.4 is 16.6 Å². The van der Waals surface area contributed by atoms with E-state index >= 15 is 0 Å². The lowest BCUT2D eigenvalue weighted by molar-refractivity contribution is -0.116. The SMILES string of the molecule is Cc1cc(C)cc(-n2nc(C)cc2NC(=O)CCCn2cnc3c2c(=O)n(C)c(=O)n3C)c1. The van der Waals surface area contributed by atoms with Gasteiger partial charge in [-0.25, -0.2) is 14.5 Å². The fraction of sp³-hybridized carbons (Fsp3) is 0.348. The Hall–Kier alpha value is -3.95. The Morgan fingerprint density at radius 2 is 1.70 bits per heavy atom. The maximum Gasteiger partial charge on any atom is 0.332 e. The maximum atomic E-state index is 12.7. The molecule has 1 aromatic carbocycles. The first-order valence-corrected chi connectivity index (χ1v) is 10.7. The smallest absolute Gasteiger partial charge is 0.325 e. The predicted molar refractivity (Wildman–Crippen MR) is 126 cm³/mol. The van der Waals surface area contributed by atoms with E-state index in [0.717, 1.165) is 27.1 Å². The molecule has 33 heavy (non-hydrogen) atoms. The largest absolute Gasteiger partial charge is 0.332 e. The molecule has 0 atom stereocenters. The second kappa shape index (κ2) is 8.53. The zero-order valence-corrected chi connectivity index (χ0v) is 19.4. The van der Waals surface area contributed by atoms with E-state index in [4.69, 9.17) is 0 Å². The van der Waals surface area contributed by atoms with E-state index in [0.29, 0.717) is 29.9 Å². The van der Waals surface area contributed by atoms with Crippen LogP contribution in [0.1, 0.15) is 29.7 Å². The van der Waals surface area contributed by atoms with Gasteiger partial charge in [0.1, 0.15) is 5.82 Å². The molecule has 172 valence electrons. The van der Waals surface area contributed by atoms with Gasteiger partial charge in [0.15, 0.2) is 11.2 Å². The number of anilines is 1. The predicted octanol–water partition coefficient (Wildman–Crippen LogP) is 1.96. The molecule has 0 saturated carbocycles. The summed E-state index contributed by atoms with van der Waals surface area (Å²) in [5.74, 6) is 0.463. The van der Waals surface area contributed by atoms with Gasteiger partial charge in [-0.05, 0) is 50.5 Å². The highest BCUT2D eigenvalue weighted by atomic mass is 16.2. The number of rotatable bonds is 6. The molecule has 4 aromatic rings. The number of hydrogen-bond acceptors (Lipinski definition) is 5. The van der Waals surface area contributed by atoms with Crippen LogP contribution in [0.5, 0.6) is 0 Å². The maximum absolute atomic E-state index is 12.7. The van der Waals surface area contributed by atoms with Crippen molar-refractivity contribution in [2.45, 2.75) is 40.2 Å². The summed E-state index contributed by atoms with van der Waals surface area (Å²) in [7, 11) is 3.02. The van der Waals surface area contributed by atoms with Crippen molar-refractivity contribution < 1.29 is 4.79 Å². The molecule has 3 heterocycles. The summed E-state index contributed by atoms with van der Waals surface area (Å²) < 4.78 is 5.83. The lowest BCUT2D eigenvalue weighted by Crippen LogP contribution is -2.37. The molecule has 1 N–H and O–H groups in total. The van der Waals surface area contributed by atoms with Crippen LogP contribution in [0.3, 0.4) is 0 Å². The molecule has 0 aliphatic carbocycles. The number of benzene rings is 1. The number of hydrogen-bond donors (Lipinski definition) is 1. The number of imidazole rings is 1. The van der Waals surface area contributed by atoms with Gasteiger partial charge in [0.05, 0.1) is 17.7 Å². The third-order valence-electron chi connectivity index (χ3n) is 5.57. The number of nitrogens with zero attached hydrogens (tertiary/aromatic N) is 6. The van der Waals surface area contributed by atoms with Crippen LogP contribution in [0.2, 0.25) is 0 Å². The Labute approximate surface area is 190 Å². The number of nitrogens with one attached hydrogen (secondary N) is 1. The molecule has 0 fully saturated rings. The van der Waals surface area contributed by atoms with Gasteiger partial charge in [-0.2, -0.15) is 5.10 Å². The van der Waals surface area contributed by atoms with Crippen molar-refractivity contribution >= 4 is 22.9 Å². The molecule has 0 bridgehead atoms. The van der Waals surface area contributed by atoms with Gasteiger partial charge < -0.3 is 9.88 Å². The number of carbonyl (C=O) groups excluding carboxylic acids is 1. The molecule has 0 radical (unpaired) electrons. The van der Waals surface area contributed by atoms with Crippen molar-refractivity contribution in [1.82, 2.24) is 28.5 Å². The first-order valence-electron chi connectivity index (χ1n) is 10.7. The highest BCUT2D eigenvalue weighted by molar-refractivity contribution is 5.90. The van der Waals surface area contributed by atoms with Gasteiger partial charge in [-0.3, -0.25) is 18.7 Å². The van der Waals surface area contributed by atoms with E-state index in [1.807, 2.05) is 39.0 Å². The van der Waals surface area contributed by atoms with Gasteiger partial charge in [0.2, 0.25) is 5.91 Å². The second-order valence-corrected chi connectivity index (χ2v) is 8.40. The normalized spacial score (nSPS) is 11.3. The second-order valence-electron chi connectivity index (χ2n) is 8.40. The van der Waals surface area contributed by atoms with Crippen molar-refractivity contribution in [2.24, 2.45) is 14.1 Å². The van der Waals surface area contributed by atoms with E-state index in [1.54, 1.807) is 16.3 Å². The Balaban J connectivity index is 1.48. The number of aryl methyl sites for hydroxylation is 5. The van der Waals surface area contributed by atoms with Crippen LogP contribution in [0.15, 0.2) is 40.2 Å². The molecular formula is C23H27N7O3. The first kappa shape index (κ1) is 22.3. The van der Waals surface area contributed by atoms with Gasteiger partial charge in [0.25, 0.3) is 5.56 Å². The lowest BCUT2D eigenvalue weighted by Gasteiger charge is -2.11. The molecule has 3 aromatic heterocycles. The Morgan fingerprint density at radius 3 is 2.39 bits per heavy atom. The van der Waals surface area contributed by atoms with E-state index in [1.165, 1.54) is 17.9 Å². The van der Waals surface area contributed by atoms with Crippen LogP contribution in [0.25, 0.3) is 16.9 Å². The molecule has 0 aliphatic heterocycles. The molecule has 10 heteroatoms. The van der Waals surface area contributed by atoms with Crippen molar-refractivity contribution in [3.05, 3.63) is 68.3 Å². The summed E-state index contributed by atoms with van der Waals surface area (Å²) in [6.45, 7) is 6.35. The summed E-state index contributed by atoms with van der Waals surface area (Å²) in [5.41, 5.74) is 3.79. The monoisotopic (exact) mass is 449 g/mol. The number of fused-ring (bicyclic) bond motifs is 1. The van der Waals surface area contributed by atoms with Crippen LogP contribution >= 0.6 is 0 Å². The zero-order chi connectivity index (χ0) is 23.9. The topological polar surface area (TPSA) is 109 Å². The highest BCUT2D eigenvalue weighted by Gasteiger charge is 2.15. The minimum Gasteiger partial charge on any atom is -0.325 e. The van der Waals surface area contributed by atoms with E-state index < -0.39 is 11.2 Å². The summed E-state index contributed by atoms with van der Waals surface area (Å²) in [6.07, 6.45) is 2.28. The van der Waals surface area contributed by atoms with Crippen LogP contribution in [-0.4, -0.2) is 34.4 Å². The number of carbonyl (C=O) groups is 1. The molecule has 0 spiro atoms. The third kappa shape index (κ3) is 4.23. The summed E-state index contributed by atoms with van der Waals surface area (Å²) in [6, 6.07) is 7.96.